The van der Waals surface area contributed by atoms with Crippen molar-refractivity contribution in [3.8, 4) is 0 Å². The number of halogens is 1. The van der Waals surface area contributed by atoms with Gasteiger partial charge >= 0.3 is 12.1 Å². The van der Waals surface area contributed by atoms with E-state index in [2.05, 4.69) is 15.4 Å². The van der Waals surface area contributed by atoms with Crippen molar-refractivity contribution in [3.05, 3.63) is 65.0 Å². The van der Waals surface area contributed by atoms with Crippen LogP contribution in [0.1, 0.15) is 88.2 Å². The van der Waals surface area contributed by atoms with Crippen molar-refractivity contribution in [1.82, 2.24) is 19.8 Å². The third-order valence-electron chi connectivity index (χ3n) is 10.6. The average molecular weight is 770 g/mol. The van der Waals surface area contributed by atoms with E-state index < -0.39 is 80.0 Å². The molecule has 2 aromatic rings. The summed E-state index contributed by atoms with van der Waals surface area (Å²) in [6, 6.07) is 8.95. The Balaban J connectivity index is 1.25. The molecule has 16 heteroatoms. The minimum atomic E-state index is -3.90. The fraction of sp³-hybridized carbons (Fsp3) is 0.553. The number of ether oxygens (including phenoxy) is 2. The Kier molecular flexibility index (Phi) is 10.7. The van der Waals surface area contributed by atoms with Crippen LogP contribution in [0, 0.1) is 17.2 Å². The van der Waals surface area contributed by atoms with Crippen LogP contribution in [0.4, 0.5) is 14.9 Å². The summed E-state index contributed by atoms with van der Waals surface area (Å²) >= 11 is 0. The predicted molar refractivity (Wildman–Crippen MR) is 195 cm³/mol. The summed E-state index contributed by atoms with van der Waals surface area (Å²) in [6.07, 6.45) is -0.179. The van der Waals surface area contributed by atoms with Gasteiger partial charge in [-0.15, -0.1) is 0 Å². The minimum absolute atomic E-state index is 0.000797. The summed E-state index contributed by atoms with van der Waals surface area (Å²) in [4.78, 5) is 71.0. The first-order valence-corrected chi connectivity index (χ1v) is 20.0. The molecule has 0 unspecified atom stereocenters. The molecule has 2 aliphatic carbocycles. The molecule has 3 N–H and O–H groups in total. The van der Waals surface area contributed by atoms with Crippen molar-refractivity contribution in [2.24, 2.45) is 11.3 Å². The number of benzene rings is 2. The molecule has 292 valence electrons. The van der Waals surface area contributed by atoms with Gasteiger partial charge in [-0.1, -0.05) is 52.3 Å². The first-order chi connectivity index (χ1) is 25.5. The summed E-state index contributed by atoms with van der Waals surface area (Å²) in [5, 5.41) is 5.39. The van der Waals surface area contributed by atoms with E-state index in [1.54, 1.807) is 43.3 Å². The van der Waals surface area contributed by atoms with Gasteiger partial charge in [-0.05, 0) is 67.3 Å². The van der Waals surface area contributed by atoms with Crippen LogP contribution in [0.2, 0.25) is 0 Å². The summed E-state index contributed by atoms with van der Waals surface area (Å²) in [5.74, 6) is -3.30. The highest BCUT2D eigenvalue weighted by Crippen LogP contribution is 2.47. The first-order valence-electron chi connectivity index (χ1n) is 18.4. The number of hydrogen-bond donors (Lipinski definition) is 3. The molecule has 0 bridgehead atoms. The highest BCUT2D eigenvalue weighted by atomic mass is 32.2. The molecule has 4 amide bonds. The third kappa shape index (κ3) is 8.03. The van der Waals surface area contributed by atoms with Crippen molar-refractivity contribution >= 4 is 45.5 Å². The average Bonchev–Trinajstić information content (AvgIpc) is 4.01. The molecule has 2 saturated carbocycles. The van der Waals surface area contributed by atoms with E-state index in [-0.39, 0.29) is 50.6 Å². The SMILES string of the molecule is CCOC(=O)c1cccc(N[C@H](C(=O)N2C[C@H](OC(=O)N3Cc4cccc(F)c4C3)C[C@H]2C(=O)N[C@]2(C(=O)NS(=O)(=O)C3CC3)C[C@H]2CC)C(C)(C)C)c1. The van der Waals surface area contributed by atoms with Gasteiger partial charge in [0.05, 0.1) is 30.5 Å². The largest absolute Gasteiger partial charge is 0.462 e. The van der Waals surface area contributed by atoms with E-state index >= 15 is 0 Å². The Hall–Kier alpha value is -4.73. The summed E-state index contributed by atoms with van der Waals surface area (Å²) in [6.45, 7) is 9.18. The number of carbonyl (C=O) groups excluding carboxylic acids is 5. The number of hydrogen-bond acceptors (Lipinski definition) is 10. The van der Waals surface area contributed by atoms with Crippen LogP contribution in [-0.4, -0.2) is 90.1 Å². The lowest BCUT2D eigenvalue weighted by Crippen LogP contribution is -2.58. The summed E-state index contributed by atoms with van der Waals surface area (Å²) in [5.41, 5.74) is -0.463. The van der Waals surface area contributed by atoms with Gasteiger partial charge in [0.15, 0.2) is 0 Å². The Labute approximate surface area is 314 Å². The second-order valence-corrected chi connectivity index (χ2v) is 17.6. The topological polar surface area (TPSA) is 181 Å². The molecule has 5 atom stereocenters. The highest BCUT2D eigenvalue weighted by Gasteiger charge is 2.62. The fourth-order valence-corrected chi connectivity index (χ4v) is 8.69. The highest BCUT2D eigenvalue weighted by molar-refractivity contribution is 7.91. The van der Waals surface area contributed by atoms with Gasteiger partial charge in [0, 0.05) is 24.2 Å². The molecule has 14 nitrogen and oxygen atoms in total. The van der Waals surface area contributed by atoms with Crippen LogP contribution in [0.25, 0.3) is 0 Å². The molecule has 2 heterocycles. The molecule has 3 fully saturated rings. The van der Waals surface area contributed by atoms with Gasteiger partial charge in [-0.3, -0.25) is 24.0 Å². The van der Waals surface area contributed by atoms with Crippen molar-refractivity contribution < 1.29 is 46.3 Å². The molecule has 0 spiro atoms. The zero-order chi connectivity index (χ0) is 39.2. The lowest BCUT2D eigenvalue weighted by molar-refractivity contribution is -0.141. The predicted octanol–water partition coefficient (Wildman–Crippen LogP) is 3.84. The van der Waals surface area contributed by atoms with Gasteiger partial charge in [0.1, 0.15) is 29.5 Å². The Morgan fingerprint density at radius 2 is 1.76 bits per heavy atom. The van der Waals surface area contributed by atoms with Crippen LogP contribution >= 0.6 is 0 Å². The lowest BCUT2D eigenvalue weighted by atomic mass is 9.85. The van der Waals surface area contributed by atoms with Crippen LogP contribution in [-0.2, 0) is 47.0 Å². The normalized spacial score (nSPS) is 23.9. The maximum atomic E-state index is 14.7. The molecule has 0 radical (unpaired) electrons. The maximum Gasteiger partial charge on any atom is 0.410 e. The van der Waals surface area contributed by atoms with Crippen molar-refractivity contribution in [3.63, 3.8) is 0 Å². The fourth-order valence-electron chi connectivity index (χ4n) is 7.33. The Morgan fingerprint density at radius 3 is 2.39 bits per heavy atom. The lowest BCUT2D eigenvalue weighted by Gasteiger charge is -2.36. The number of likely N-dealkylation sites (tertiary alicyclic amines) is 1. The Morgan fingerprint density at radius 1 is 1.04 bits per heavy atom. The molecule has 2 aliphatic heterocycles. The molecule has 0 aromatic heterocycles. The standard InChI is InChI=1S/C38H48FN5O9S/c1-6-24-18-38(24,35(48)42-54(50,51)27-14-15-27)41-32(45)30-17-26(53-36(49)43-19-23-11-9-13-29(39)28(23)21-43)20-44(30)33(46)31(37(3,4)5)40-25-12-8-10-22(16-25)34(47)52-7-2/h8-13,16,24,26-27,30-31,40H,6-7,14-15,17-21H2,1-5H3,(H,41,45)(H,42,48)/t24-,26-,30+,31-,38-/m1/s1. The van der Waals surface area contributed by atoms with Crippen molar-refractivity contribution in [2.45, 2.75) is 109 Å². The number of nitrogens with one attached hydrogen (secondary N) is 3. The quantitative estimate of drug-likeness (QED) is 0.269. The molecular formula is C38H48FN5O9S. The maximum absolute atomic E-state index is 14.7. The first kappa shape index (κ1) is 39.0. The second-order valence-electron chi connectivity index (χ2n) is 15.7. The van der Waals surface area contributed by atoms with Crippen LogP contribution in [0.3, 0.4) is 0 Å². The number of sulfonamides is 1. The molecular weight excluding hydrogens is 722 g/mol. The number of amides is 4. The molecule has 2 aromatic carbocycles. The van der Waals surface area contributed by atoms with Crippen molar-refractivity contribution in [2.75, 3.05) is 18.5 Å². The number of esters is 1. The van der Waals surface area contributed by atoms with E-state index in [0.717, 1.165) is 0 Å². The third-order valence-corrected chi connectivity index (χ3v) is 12.5. The number of anilines is 1. The summed E-state index contributed by atoms with van der Waals surface area (Å²) < 4.78 is 53.1. The molecule has 1 saturated heterocycles. The number of nitrogens with zero attached hydrogens (tertiary/aromatic N) is 2. The Bertz CT molecular complexity index is 1950. The minimum Gasteiger partial charge on any atom is -0.462 e. The van der Waals surface area contributed by atoms with Gasteiger partial charge < -0.3 is 25.0 Å². The summed E-state index contributed by atoms with van der Waals surface area (Å²) in [7, 11) is -3.90. The van der Waals surface area contributed by atoms with Gasteiger partial charge in [0.2, 0.25) is 21.8 Å². The zero-order valence-corrected chi connectivity index (χ0v) is 32.0. The molecule has 6 rings (SSSR count). The molecule has 54 heavy (non-hydrogen) atoms. The van der Waals surface area contributed by atoms with Gasteiger partial charge in [-0.25, -0.2) is 22.4 Å². The zero-order valence-electron chi connectivity index (χ0n) is 31.1. The van der Waals surface area contributed by atoms with Gasteiger partial charge in [-0.2, -0.15) is 0 Å². The number of rotatable bonds is 12. The van der Waals surface area contributed by atoms with E-state index in [9.17, 15) is 36.8 Å². The van der Waals surface area contributed by atoms with E-state index in [1.165, 1.54) is 15.9 Å². The van der Waals surface area contributed by atoms with Crippen LogP contribution in [0.5, 0.6) is 0 Å². The smallest absolute Gasteiger partial charge is 0.410 e. The molecule has 4 aliphatic rings. The van der Waals surface area contributed by atoms with E-state index in [1.807, 2.05) is 27.7 Å². The number of fused-ring (bicyclic) bond motifs is 1. The van der Waals surface area contributed by atoms with Crippen LogP contribution in [0.15, 0.2) is 42.5 Å². The van der Waals surface area contributed by atoms with Crippen LogP contribution < -0.4 is 15.4 Å². The monoisotopic (exact) mass is 769 g/mol. The number of carbonyl (C=O) groups is 5. The van der Waals surface area contributed by atoms with E-state index in [4.69, 9.17) is 9.47 Å². The van der Waals surface area contributed by atoms with Crippen molar-refractivity contribution in [1.29, 1.82) is 0 Å². The second kappa shape index (κ2) is 14.8. The van der Waals surface area contributed by atoms with Gasteiger partial charge in [0.25, 0.3) is 5.91 Å². The van der Waals surface area contributed by atoms with E-state index in [0.29, 0.717) is 36.1 Å².